The molecule has 2 aliphatic rings. The first-order valence-corrected chi connectivity index (χ1v) is 14.2. The topological polar surface area (TPSA) is 6.48 Å². The van der Waals surface area contributed by atoms with Crippen molar-refractivity contribution in [1.82, 2.24) is 0 Å². The van der Waals surface area contributed by atoms with Gasteiger partial charge in [0, 0.05) is 35.6 Å². The van der Waals surface area contributed by atoms with Crippen molar-refractivity contribution < 1.29 is 0 Å². The molecule has 0 saturated carbocycles. The predicted octanol–water partition coefficient (Wildman–Crippen LogP) is 8.78. The molecule has 0 N–H and O–H groups in total. The van der Waals surface area contributed by atoms with Gasteiger partial charge in [0.15, 0.2) is 0 Å². The number of nitrogens with zero attached hydrogens (tertiary/aromatic N) is 2. The molecule has 2 fully saturated rings. The Morgan fingerprint density at radius 3 is 1.32 bits per heavy atom. The predicted molar refractivity (Wildman–Crippen MR) is 153 cm³/mol. The summed E-state index contributed by atoms with van der Waals surface area (Å²) in [6, 6.07) is 23.9. The van der Waals surface area contributed by atoms with Gasteiger partial charge < -0.3 is 9.80 Å². The van der Waals surface area contributed by atoms with Crippen molar-refractivity contribution in [3.05, 3.63) is 60.7 Å². The van der Waals surface area contributed by atoms with Crippen molar-refractivity contribution in [2.75, 3.05) is 36.0 Å². The quantitative estimate of drug-likeness (QED) is 0.229. The Hall–Kier alpha value is -2.82. The van der Waals surface area contributed by atoms with Gasteiger partial charge in [-0.05, 0) is 105 Å². The number of anilines is 2. The van der Waals surface area contributed by atoms with Crippen LogP contribution in [0.5, 0.6) is 0 Å². The lowest BCUT2D eigenvalue weighted by Crippen LogP contribution is -2.15. The van der Waals surface area contributed by atoms with Gasteiger partial charge in [0.25, 0.3) is 0 Å². The molecular formula is C30H26N2S2. The molecule has 0 spiro atoms. The molecule has 2 nitrogen and oxygen atoms in total. The molecule has 0 bridgehead atoms. The van der Waals surface area contributed by atoms with Crippen LogP contribution in [0, 0.1) is 0 Å². The lowest BCUT2D eigenvalue weighted by atomic mass is 9.96. The minimum absolute atomic E-state index is 1.21. The van der Waals surface area contributed by atoms with Gasteiger partial charge in [0.05, 0.1) is 10.0 Å². The second kappa shape index (κ2) is 7.34. The van der Waals surface area contributed by atoms with Gasteiger partial charge in [0.2, 0.25) is 0 Å². The highest BCUT2D eigenvalue weighted by molar-refractivity contribution is 7.23. The standard InChI is InChI=1S/C30H26N2S2/c1-2-10-31(9-1)29-17-21-13-25-19(15-27(21)33-29)5-7-24-23(25)8-6-20-16-28-22(14-26(20)24)18-30(34-28)32-11-3-4-12-32/h5-8,13-18H,1-4,9-12H2. The van der Waals surface area contributed by atoms with Crippen LogP contribution in [-0.4, -0.2) is 26.2 Å². The van der Waals surface area contributed by atoms with E-state index in [1.165, 1.54) is 114 Å². The number of benzene rings is 4. The molecule has 2 aliphatic heterocycles. The second-order valence-electron chi connectivity index (χ2n) is 10.0. The van der Waals surface area contributed by atoms with Crippen molar-refractivity contribution >= 4 is 85.2 Å². The summed E-state index contributed by atoms with van der Waals surface area (Å²) in [7, 11) is 0. The molecule has 0 unspecified atom stereocenters. The maximum atomic E-state index is 2.56. The van der Waals surface area contributed by atoms with Gasteiger partial charge >= 0.3 is 0 Å². The van der Waals surface area contributed by atoms with Crippen LogP contribution in [0.3, 0.4) is 0 Å². The SMILES string of the molecule is c1c(N2CCCC2)sc2cc3ccc4c5cc6cc(N7CCCC7)sc6cc5ccc4c3cc12. The van der Waals surface area contributed by atoms with E-state index in [1.54, 1.807) is 0 Å². The fourth-order valence-electron chi connectivity index (χ4n) is 6.10. The first kappa shape index (κ1) is 19.5. The Morgan fingerprint density at radius 1 is 0.441 bits per heavy atom. The zero-order valence-electron chi connectivity index (χ0n) is 19.1. The van der Waals surface area contributed by atoms with E-state index in [0.717, 1.165) is 0 Å². The molecule has 0 radical (unpaired) electrons. The number of hydrogen-bond acceptors (Lipinski definition) is 4. The van der Waals surface area contributed by atoms with Crippen molar-refractivity contribution in [1.29, 1.82) is 0 Å². The summed E-state index contributed by atoms with van der Waals surface area (Å²) < 4.78 is 2.81. The van der Waals surface area contributed by atoms with Crippen molar-refractivity contribution in [2.24, 2.45) is 0 Å². The molecule has 0 amide bonds. The highest BCUT2D eigenvalue weighted by Crippen LogP contribution is 2.41. The average molecular weight is 479 g/mol. The summed E-state index contributed by atoms with van der Waals surface area (Å²) >= 11 is 3.91. The molecule has 34 heavy (non-hydrogen) atoms. The van der Waals surface area contributed by atoms with Crippen LogP contribution in [-0.2, 0) is 0 Å². The van der Waals surface area contributed by atoms with Gasteiger partial charge in [0.1, 0.15) is 0 Å². The first-order chi connectivity index (χ1) is 16.8. The molecule has 0 aliphatic carbocycles. The highest BCUT2D eigenvalue weighted by Gasteiger charge is 2.17. The number of thiophene rings is 2. The third kappa shape index (κ3) is 2.91. The minimum Gasteiger partial charge on any atom is -0.363 e. The zero-order valence-corrected chi connectivity index (χ0v) is 20.8. The van der Waals surface area contributed by atoms with E-state index in [-0.39, 0.29) is 0 Å². The Bertz CT molecular complexity index is 1600. The summed E-state index contributed by atoms with van der Waals surface area (Å²) in [5.74, 6) is 0. The van der Waals surface area contributed by atoms with Crippen LogP contribution in [0.25, 0.3) is 52.5 Å². The summed E-state index contributed by atoms with van der Waals surface area (Å²) in [5.41, 5.74) is 0. The van der Waals surface area contributed by atoms with E-state index in [4.69, 9.17) is 0 Å². The van der Waals surface area contributed by atoms with E-state index in [2.05, 4.69) is 70.5 Å². The fourth-order valence-corrected chi connectivity index (χ4v) is 8.39. The van der Waals surface area contributed by atoms with Crippen molar-refractivity contribution in [2.45, 2.75) is 25.7 Å². The number of fused-ring (bicyclic) bond motifs is 7. The van der Waals surface area contributed by atoms with E-state index in [0.29, 0.717) is 0 Å². The summed E-state index contributed by atoms with van der Waals surface area (Å²) in [6.45, 7) is 4.82. The van der Waals surface area contributed by atoms with Gasteiger partial charge in [-0.15, -0.1) is 22.7 Å². The molecule has 4 heterocycles. The molecular weight excluding hydrogens is 452 g/mol. The van der Waals surface area contributed by atoms with Crippen molar-refractivity contribution in [3.63, 3.8) is 0 Å². The van der Waals surface area contributed by atoms with Gasteiger partial charge in [-0.1, -0.05) is 24.3 Å². The first-order valence-electron chi connectivity index (χ1n) is 12.6. The summed E-state index contributed by atoms with van der Waals surface area (Å²) in [6.07, 6.45) is 5.30. The lowest BCUT2D eigenvalue weighted by Gasteiger charge is -2.13. The summed E-state index contributed by atoms with van der Waals surface area (Å²) in [5, 5.41) is 13.8. The van der Waals surface area contributed by atoms with Crippen molar-refractivity contribution in [3.8, 4) is 0 Å². The molecule has 4 aromatic carbocycles. The van der Waals surface area contributed by atoms with E-state index >= 15 is 0 Å². The van der Waals surface area contributed by atoms with E-state index in [9.17, 15) is 0 Å². The third-order valence-electron chi connectivity index (χ3n) is 7.92. The zero-order chi connectivity index (χ0) is 22.2. The van der Waals surface area contributed by atoms with Gasteiger partial charge in [-0.3, -0.25) is 0 Å². The number of hydrogen-bond donors (Lipinski definition) is 0. The minimum atomic E-state index is 1.21. The maximum absolute atomic E-state index is 2.56. The molecule has 8 rings (SSSR count). The van der Waals surface area contributed by atoms with Crippen LogP contribution in [0.1, 0.15) is 25.7 Å². The largest absolute Gasteiger partial charge is 0.363 e. The molecule has 2 saturated heterocycles. The van der Waals surface area contributed by atoms with Gasteiger partial charge in [-0.25, -0.2) is 0 Å². The molecule has 6 aromatic rings. The van der Waals surface area contributed by atoms with Crippen LogP contribution >= 0.6 is 22.7 Å². The monoisotopic (exact) mass is 478 g/mol. The number of rotatable bonds is 2. The summed E-state index contributed by atoms with van der Waals surface area (Å²) in [4.78, 5) is 5.12. The Kier molecular flexibility index (Phi) is 4.20. The normalized spacial score (nSPS) is 16.9. The molecule has 4 heteroatoms. The fraction of sp³-hybridized carbons (Fsp3) is 0.267. The lowest BCUT2D eigenvalue weighted by molar-refractivity contribution is 0.949. The van der Waals surface area contributed by atoms with E-state index < -0.39 is 0 Å². The third-order valence-corrected chi connectivity index (χ3v) is 10.2. The van der Waals surface area contributed by atoms with Crippen LogP contribution in [0.4, 0.5) is 10.0 Å². The Morgan fingerprint density at radius 2 is 0.882 bits per heavy atom. The maximum Gasteiger partial charge on any atom is 0.0920 e. The second-order valence-corrected chi connectivity index (χ2v) is 12.1. The Labute approximate surface area is 207 Å². The molecule has 168 valence electrons. The highest BCUT2D eigenvalue weighted by atomic mass is 32.1. The molecule has 2 aromatic heterocycles. The smallest absolute Gasteiger partial charge is 0.0920 e. The van der Waals surface area contributed by atoms with Gasteiger partial charge in [-0.2, -0.15) is 0 Å². The van der Waals surface area contributed by atoms with E-state index in [1.807, 2.05) is 22.7 Å². The van der Waals surface area contributed by atoms with Crippen LogP contribution < -0.4 is 9.80 Å². The van der Waals surface area contributed by atoms with Crippen LogP contribution in [0.2, 0.25) is 0 Å². The average Bonchev–Trinajstić information content (AvgIpc) is 3.66. The Balaban J connectivity index is 1.32. The molecule has 0 atom stereocenters. The van der Waals surface area contributed by atoms with Crippen LogP contribution in [0.15, 0.2) is 60.7 Å².